The summed E-state index contributed by atoms with van der Waals surface area (Å²) in [6.45, 7) is 5.77. The SMILES string of the molecule is O=S(=O)(N1CCCC1)N1CCC2(CC1)CN(Cc1ccoc1)CCO2. The lowest BCUT2D eigenvalue weighted by Crippen LogP contribution is -2.58. The van der Waals surface area contributed by atoms with E-state index in [9.17, 15) is 8.42 Å². The second-order valence-corrected chi connectivity index (χ2v) is 9.32. The van der Waals surface area contributed by atoms with Crippen LogP contribution in [0.3, 0.4) is 0 Å². The highest BCUT2D eigenvalue weighted by atomic mass is 32.2. The summed E-state index contributed by atoms with van der Waals surface area (Å²) in [6, 6.07) is 1.99. The van der Waals surface area contributed by atoms with Gasteiger partial charge in [0, 0.05) is 51.4 Å². The zero-order chi connectivity index (χ0) is 17.3. The van der Waals surface area contributed by atoms with Crippen molar-refractivity contribution >= 4 is 10.2 Å². The molecule has 0 aromatic carbocycles. The molecule has 0 N–H and O–H groups in total. The van der Waals surface area contributed by atoms with Gasteiger partial charge in [-0.3, -0.25) is 4.90 Å². The zero-order valence-corrected chi connectivity index (χ0v) is 15.4. The van der Waals surface area contributed by atoms with Crippen LogP contribution in [0.4, 0.5) is 0 Å². The average Bonchev–Trinajstić information content (AvgIpc) is 3.29. The van der Waals surface area contributed by atoms with E-state index in [0.29, 0.717) is 32.8 Å². The molecule has 0 aliphatic carbocycles. The predicted molar refractivity (Wildman–Crippen MR) is 93.2 cm³/mol. The van der Waals surface area contributed by atoms with Crippen molar-refractivity contribution in [3.8, 4) is 0 Å². The largest absolute Gasteiger partial charge is 0.472 e. The van der Waals surface area contributed by atoms with E-state index in [1.807, 2.05) is 6.07 Å². The van der Waals surface area contributed by atoms with Gasteiger partial charge in [-0.15, -0.1) is 0 Å². The molecule has 1 aromatic rings. The maximum absolute atomic E-state index is 12.7. The number of rotatable bonds is 4. The van der Waals surface area contributed by atoms with E-state index in [0.717, 1.165) is 45.3 Å². The Kier molecular flexibility index (Phi) is 4.89. The van der Waals surface area contributed by atoms with Crippen molar-refractivity contribution in [2.75, 3.05) is 45.9 Å². The molecule has 4 heterocycles. The normalized spacial score (nSPS) is 26.4. The van der Waals surface area contributed by atoms with Crippen LogP contribution in [0.2, 0.25) is 0 Å². The molecule has 3 aliphatic rings. The molecular weight excluding hydrogens is 342 g/mol. The van der Waals surface area contributed by atoms with Crippen molar-refractivity contribution in [2.45, 2.75) is 37.8 Å². The fraction of sp³-hybridized carbons (Fsp3) is 0.765. The number of ether oxygens (including phenoxy) is 1. The van der Waals surface area contributed by atoms with Gasteiger partial charge in [-0.25, -0.2) is 0 Å². The van der Waals surface area contributed by atoms with E-state index in [4.69, 9.17) is 9.15 Å². The number of piperidine rings is 1. The Morgan fingerprint density at radius 3 is 2.44 bits per heavy atom. The first-order valence-electron chi connectivity index (χ1n) is 9.20. The second kappa shape index (κ2) is 7.00. The molecule has 3 fully saturated rings. The van der Waals surface area contributed by atoms with Crippen LogP contribution in [-0.4, -0.2) is 73.4 Å². The van der Waals surface area contributed by atoms with E-state index < -0.39 is 10.2 Å². The maximum Gasteiger partial charge on any atom is 0.281 e. The van der Waals surface area contributed by atoms with Gasteiger partial charge >= 0.3 is 0 Å². The van der Waals surface area contributed by atoms with Crippen LogP contribution in [0.5, 0.6) is 0 Å². The number of hydrogen-bond acceptors (Lipinski definition) is 5. The molecular formula is C17H27N3O4S. The van der Waals surface area contributed by atoms with Crippen LogP contribution in [0.25, 0.3) is 0 Å². The first kappa shape index (κ1) is 17.5. The van der Waals surface area contributed by atoms with Gasteiger partial charge in [0.2, 0.25) is 0 Å². The Bertz CT molecular complexity index is 662. The summed E-state index contributed by atoms with van der Waals surface area (Å²) in [5, 5.41) is 0. The van der Waals surface area contributed by atoms with Gasteiger partial charge in [-0.05, 0) is 31.7 Å². The highest BCUT2D eigenvalue weighted by molar-refractivity contribution is 7.86. The first-order chi connectivity index (χ1) is 12.1. The summed E-state index contributed by atoms with van der Waals surface area (Å²) < 4.78 is 40.0. The standard InChI is InChI=1S/C17H27N3O4S/c21-25(22,19-6-1-2-7-19)20-8-4-17(5-9-20)15-18(10-12-24-17)13-16-3-11-23-14-16/h3,11,14H,1-2,4-10,12-13,15H2. The van der Waals surface area contributed by atoms with Crippen molar-refractivity contribution in [3.63, 3.8) is 0 Å². The minimum absolute atomic E-state index is 0.209. The lowest BCUT2D eigenvalue weighted by molar-refractivity contribution is -0.131. The summed E-state index contributed by atoms with van der Waals surface area (Å²) in [5.74, 6) is 0. The van der Waals surface area contributed by atoms with Crippen LogP contribution in [0.15, 0.2) is 23.0 Å². The quantitative estimate of drug-likeness (QED) is 0.800. The van der Waals surface area contributed by atoms with Crippen LogP contribution < -0.4 is 0 Å². The fourth-order valence-corrected chi connectivity index (χ4v) is 5.90. The molecule has 0 atom stereocenters. The second-order valence-electron chi connectivity index (χ2n) is 7.39. The number of nitrogens with zero attached hydrogens (tertiary/aromatic N) is 3. The van der Waals surface area contributed by atoms with E-state index >= 15 is 0 Å². The van der Waals surface area contributed by atoms with Gasteiger partial charge in [0.15, 0.2) is 0 Å². The number of furan rings is 1. The van der Waals surface area contributed by atoms with E-state index in [-0.39, 0.29) is 5.60 Å². The fourth-order valence-electron chi connectivity index (χ4n) is 4.21. The minimum Gasteiger partial charge on any atom is -0.472 e. The van der Waals surface area contributed by atoms with Crippen LogP contribution in [-0.2, 0) is 21.5 Å². The summed E-state index contributed by atoms with van der Waals surface area (Å²) in [4.78, 5) is 2.39. The molecule has 3 saturated heterocycles. The molecule has 4 rings (SSSR count). The Morgan fingerprint density at radius 1 is 1.04 bits per heavy atom. The van der Waals surface area contributed by atoms with Crippen LogP contribution >= 0.6 is 0 Å². The Labute approximate surface area is 149 Å². The minimum atomic E-state index is -3.29. The highest BCUT2D eigenvalue weighted by Crippen LogP contribution is 2.32. The van der Waals surface area contributed by atoms with Crippen LogP contribution in [0.1, 0.15) is 31.2 Å². The number of morpholine rings is 1. The van der Waals surface area contributed by atoms with Crippen molar-refractivity contribution < 1.29 is 17.6 Å². The summed E-state index contributed by atoms with van der Waals surface area (Å²) in [6.07, 6.45) is 6.97. The third kappa shape index (κ3) is 3.64. The number of hydrogen-bond donors (Lipinski definition) is 0. The lowest BCUT2D eigenvalue weighted by atomic mass is 9.90. The highest BCUT2D eigenvalue weighted by Gasteiger charge is 2.43. The van der Waals surface area contributed by atoms with Crippen molar-refractivity contribution in [2.24, 2.45) is 0 Å². The third-order valence-electron chi connectivity index (χ3n) is 5.67. The lowest BCUT2D eigenvalue weighted by Gasteiger charge is -2.47. The van der Waals surface area contributed by atoms with E-state index in [1.165, 1.54) is 5.56 Å². The van der Waals surface area contributed by atoms with Crippen LogP contribution in [0, 0.1) is 0 Å². The van der Waals surface area contributed by atoms with E-state index in [2.05, 4.69) is 4.90 Å². The molecule has 8 heteroatoms. The Hall–Kier alpha value is -0.930. The summed E-state index contributed by atoms with van der Waals surface area (Å²) in [5.41, 5.74) is 0.963. The molecule has 140 valence electrons. The molecule has 0 unspecified atom stereocenters. The zero-order valence-electron chi connectivity index (χ0n) is 14.6. The summed E-state index contributed by atoms with van der Waals surface area (Å²) in [7, 11) is -3.29. The van der Waals surface area contributed by atoms with Gasteiger partial charge in [-0.1, -0.05) is 0 Å². The van der Waals surface area contributed by atoms with Gasteiger partial charge in [0.25, 0.3) is 10.2 Å². The van der Waals surface area contributed by atoms with Gasteiger partial charge < -0.3 is 9.15 Å². The summed E-state index contributed by atoms with van der Waals surface area (Å²) >= 11 is 0. The molecule has 0 saturated carbocycles. The van der Waals surface area contributed by atoms with Gasteiger partial charge in [0.05, 0.1) is 24.7 Å². The molecule has 1 aromatic heterocycles. The molecule has 0 amide bonds. The average molecular weight is 369 g/mol. The van der Waals surface area contributed by atoms with Crippen molar-refractivity contribution in [1.82, 2.24) is 13.5 Å². The van der Waals surface area contributed by atoms with Crippen molar-refractivity contribution in [1.29, 1.82) is 0 Å². The molecule has 3 aliphatic heterocycles. The van der Waals surface area contributed by atoms with Gasteiger partial charge in [-0.2, -0.15) is 17.0 Å². The Balaban J connectivity index is 1.37. The molecule has 0 bridgehead atoms. The third-order valence-corrected chi connectivity index (χ3v) is 7.70. The molecule has 1 spiro atoms. The molecule has 0 radical (unpaired) electrons. The first-order valence-corrected chi connectivity index (χ1v) is 10.6. The topological polar surface area (TPSA) is 66.2 Å². The predicted octanol–water partition coefficient (Wildman–Crippen LogP) is 1.29. The monoisotopic (exact) mass is 369 g/mol. The van der Waals surface area contributed by atoms with Crippen molar-refractivity contribution in [3.05, 3.63) is 24.2 Å². The van der Waals surface area contributed by atoms with E-state index in [1.54, 1.807) is 21.1 Å². The molecule has 25 heavy (non-hydrogen) atoms. The maximum atomic E-state index is 12.7. The molecule has 7 nitrogen and oxygen atoms in total. The smallest absolute Gasteiger partial charge is 0.281 e. The van der Waals surface area contributed by atoms with Gasteiger partial charge in [0.1, 0.15) is 0 Å². The Morgan fingerprint density at radius 2 is 1.76 bits per heavy atom.